The van der Waals surface area contributed by atoms with Crippen LogP contribution in [0.2, 0.25) is 0 Å². The molecule has 0 aromatic heterocycles. The number of benzene rings is 1. The highest BCUT2D eigenvalue weighted by atomic mass is 32.1. The molecule has 0 radical (unpaired) electrons. The minimum absolute atomic E-state index is 0.0777. The lowest BCUT2D eigenvalue weighted by atomic mass is 9.82. The van der Waals surface area contributed by atoms with Crippen LogP contribution < -0.4 is 10.9 Å². The number of amides is 3. The van der Waals surface area contributed by atoms with Gasteiger partial charge in [-0.2, -0.15) is 5.01 Å². The average molecular weight is 433 g/mol. The van der Waals surface area contributed by atoms with Crippen LogP contribution in [0, 0.1) is 17.8 Å². The number of rotatable bonds is 9. The second-order valence-electron chi connectivity index (χ2n) is 7.71. The third-order valence-corrected chi connectivity index (χ3v) is 5.35. The van der Waals surface area contributed by atoms with E-state index in [1.807, 2.05) is 50.3 Å². The summed E-state index contributed by atoms with van der Waals surface area (Å²) in [6.45, 7) is 3.95. The van der Waals surface area contributed by atoms with Crippen molar-refractivity contribution in [2.24, 2.45) is 17.8 Å². The topological polar surface area (TPSA) is 102 Å². The molecule has 8 nitrogen and oxygen atoms in total. The Morgan fingerprint density at radius 1 is 1.20 bits per heavy atom. The maximum atomic E-state index is 13.1. The Morgan fingerprint density at radius 3 is 2.40 bits per heavy atom. The third-order valence-electron chi connectivity index (χ3n) is 4.86. The summed E-state index contributed by atoms with van der Waals surface area (Å²) < 4.78 is 0. The van der Waals surface area contributed by atoms with Gasteiger partial charge >= 0.3 is 0 Å². The van der Waals surface area contributed by atoms with Crippen LogP contribution in [-0.4, -0.2) is 51.5 Å². The standard InChI is InChI=1S/C21H28N4O4S/c1-14(2)12-17(19(27)22-25-18(26)13-24(3)21(25)30)16(20(28)23-29)11-7-10-15-8-5-4-6-9-15/h4-10,14,16-17,29H,11-13H2,1-3H3,(H,22,27)(H,23,28)/b10-7+/t16-,17+/m0/s1. The number of carbonyl (C=O) groups is 3. The molecule has 2 atom stereocenters. The predicted molar refractivity (Wildman–Crippen MR) is 117 cm³/mol. The fourth-order valence-corrected chi connectivity index (χ4v) is 3.55. The molecule has 3 amide bonds. The van der Waals surface area contributed by atoms with Crippen molar-refractivity contribution >= 4 is 41.1 Å². The Bertz CT molecular complexity index is 812. The lowest BCUT2D eigenvalue weighted by Gasteiger charge is -2.27. The Balaban J connectivity index is 2.21. The number of carbonyl (C=O) groups excluding carboxylic acids is 3. The summed E-state index contributed by atoms with van der Waals surface area (Å²) in [5.41, 5.74) is 5.19. The van der Waals surface area contributed by atoms with Crippen LogP contribution in [0.3, 0.4) is 0 Å². The normalized spacial score (nSPS) is 16.3. The smallest absolute Gasteiger partial charge is 0.267 e. The highest BCUT2D eigenvalue weighted by Crippen LogP contribution is 2.26. The first-order valence-corrected chi connectivity index (χ1v) is 10.2. The quantitative estimate of drug-likeness (QED) is 0.313. The van der Waals surface area contributed by atoms with Gasteiger partial charge in [0.15, 0.2) is 5.11 Å². The first-order chi connectivity index (χ1) is 14.2. The highest BCUT2D eigenvalue weighted by Gasteiger charge is 2.37. The maximum absolute atomic E-state index is 13.1. The zero-order valence-corrected chi connectivity index (χ0v) is 18.2. The lowest BCUT2D eigenvalue weighted by molar-refractivity contribution is -0.143. The van der Waals surface area contributed by atoms with Gasteiger partial charge in [-0.15, -0.1) is 0 Å². The molecular weight excluding hydrogens is 404 g/mol. The van der Waals surface area contributed by atoms with Crippen LogP contribution in [0.25, 0.3) is 6.08 Å². The van der Waals surface area contributed by atoms with E-state index in [9.17, 15) is 19.6 Å². The van der Waals surface area contributed by atoms with E-state index in [4.69, 9.17) is 12.2 Å². The van der Waals surface area contributed by atoms with Crippen LogP contribution >= 0.6 is 12.2 Å². The van der Waals surface area contributed by atoms with Gasteiger partial charge in [-0.1, -0.05) is 56.3 Å². The average Bonchev–Trinajstić information content (AvgIpc) is 2.95. The first-order valence-electron chi connectivity index (χ1n) is 9.78. The van der Waals surface area contributed by atoms with E-state index < -0.39 is 23.7 Å². The Labute approximate surface area is 181 Å². The summed E-state index contributed by atoms with van der Waals surface area (Å²) in [6, 6.07) is 9.56. The SMILES string of the molecule is CC(C)C[C@@H](C(=O)NN1C(=O)CN(C)C1=S)[C@H](C/C=C/c1ccccc1)C(=O)NO. The third kappa shape index (κ3) is 6.11. The van der Waals surface area contributed by atoms with Gasteiger partial charge in [-0.3, -0.25) is 25.0 Å². The molecule has 2 rings (SSSR count). The number of hydrogen-bond donors (Lipinski definition) is 3. The van der Waals surface area contributed by atoms with E-state index in [1.165, 1.54) is 0 Å². The molecule has 1 aromatic rings. The van der Waals surface area contributed by atoms with E-state index in [-0.39, 0.29) is 29.9 Å². The van der Waals surface area contributed by atoms with E-state index in [2.05, 4.69) is 5.43 Å². The summed E-state index contributed by atoms with van der Waals surface area (Å²) in [6.07, 6.45) is 4.30. The molecule has 1 heterocycles. The van der Waals surface area contributed by atoms with Crippen molar-refractivity contribution in [1.82, 2.24) is 20.8 Å². The number of likely N-dealkylation sites (N-methyl/N-ethyl adjacent to an activating group) is 1. The van der Waals surface area contributed by atoms with Crippen LogP contribution in [-0.2, 0) is 14.4 Å². The monoisotopic (exact) mass is 432 g/mol. The van der Waals surface area contributed by atoms with Gasteiger partial charge in [0, 0.05) is 7.05 Å². The summed E-state index contributed by atoms with van der Waals surface area (Å²) in [4.78, 5) is 39.1. The lowest BCUT2D eigenvalue weighted by Crippen LogP contribution is -2.51. The fraction of sp³-hybridized carbons (Fsp3) is 0.429. The molecule has 1 fully saturated rings. The molecule has 0 bridgehead atoms. The Morgan fingerprint density at radius 2 is 1.87 bits per heavy atom. The van der Waals surface area contributed by atoms with Crippen LogP contribution in [0.5, 0.6) is 0 Å². The molecule has 0 unspecified atom stereocenters. The van der Waals surface area contributed by atoms with E-state index in [0.29, 0.717) is 6.42 Å². The zero-order valence-electron chi connectivity index (χ0n) is 17.4. The summed E-state index contributed by atoms with van der Waals surface area (Å²) >= 11 is 5.18. The molecule has 1 aliphatic rings. The number of allylic oxidation sites excluding steroid dienone is 1. The Kier molecular flexibility index (Phi) is 8.49. The molecule has 1 aromatic carbocycles. The number of nitrogens with one attached hydrogen (secondary N) is 2. The van der Waals surface area contributed by atoms with Gasteiger partial charge in [0.05, 0.1) is 11.8 Å². The number of hydroxylamine groups is 1. The summed E-state index contributed by atoms with van der Waals surface area (Å²) in [5.74, 6) is -2.96. The van der Waals surface area contributed by atoms with Gasteiger partial charge in [-0.05, 0) is 36.5 Å². The van der Waals surface area contributed by atoms with Gasteiger partial charge < -0.3 is 4.90 Å². The van der Waals surface area contributed by atoms with Crippen molar-refractivity contribution in [2.45, 2.75) is 26.7 Å². The van der Waals surface area contributed by atoms with Crippen LogP contribution in [0.4, 0.5) is 0 Å². The molecular formula is C21H28N4O4S. The predicted octanol–water partition coefficient (Wildman–Crippen LogP) is 1.96. The number of hydrazine groups is 1. The molecule has 162 valence electrons. The molecule has 9 heteroatoms. The zero-order chi connectivity index (χ0) is 22.3. The Hall–Kier alpha value is -2.78. The van der Waals surface area contributed by atoms with E-state index in [1.54, 1.807) is 23.5 Å². The largest absolute Gasteiger partial charge is 0.341 e. The number of nitrogens with zero attached hydrogens (tertiary/aromatic N) is 2. The van der Waals surface area contributed by atoms with Crippen LogP contribution in [0.1, 0.15) is 32.3 Å². The molecule has 0 spiro atoms. The maximum Gasteiger partial charge on any atom is 0.267 e. The minimum Gasteiger partial charge on any atom is -0.341 e. The van der Waals surface area contributed by atoms with Gasteiger partial charge in [-0.25, -0.2) is 5.48 Å². The molecule has 0 aliphatic carbocycles. The van der Waals surface area contributed by atoms with Gasteiger partial charge in [0.2, 0.25) is 11.8 Å². The van der Waals surface area contributed by atoms with Crippen molar-refractivity contribution in [2.75, 3.05) is 13.6 Å². The van der Waals surface area contributed by atoms with Crippen molar-refractivity contribution in [1.29, 1.82) is 0 Å². The van der Waals surface area contributed by atoms with E-state index >= 15 is 0 Å². The van der Waals surface area contributed by atoms with Crippen molar-refractivity contribution < 1.29 is 19.6 Å². The van der Waals surface area contributed by atoms with Gasteiger partial charge in [0.25, 0.3) is 5.91 Å². The second-order valence-corrected chi connectivity index (χ2v) is 8.08. The minimum atomic E-state index is -0.818. The molecule has 1 aliphatic heterocycles. The highest BCUT2D eigenvalue weighted by molar-refractivity contribution is 7.80. The molecule has 1 saturated heterocycles. The van der Waals surface area contributed by atoms with E-state index in [0.717, 1.165) is 10.6 Å². The fourth-order valence-electron chi connectivity index (χ4n) is 3.34. The van der Waals surface area contributed by atoms with Gasteiger partial charge in [0.1, 0.15) is 6.54 Å². The first kappa shape index (κ1) is 23.5. The number of hydrogen-bond acceptors (Lipinski definition) is 5. The molecule has 3 N–H and O–H groups in total. The second kappa shape index (κ2) is 10.8. The molecule has 30 heavy (non-hydrogen) atoms. The van der Waals surface area contributed by atoms with Crippen molar-refractivity contribution in [3.05, 3.63) is 42.0 Å². The summed E-state index contributed by atoms with van der Waals surface area (Å²) in [5, 5.41) is 10.5. The van der Waals surface area contributed by atoms with Crippen LogP contribution in [0.15, 0.2) is 36.4 Å². The van der Waals surface area contributed by atoms with Crippen molar-refractivity contribution in [3.63, 3.8) is 0 Å². The van der Waals surface area contributed by atoms with Crippen molar-refractivity contribution in [3.8, 4) is 0 Å². The molecule has 0 saturated carbocycles. The summed E-state index contributed by atoms with van der Waals surface area (Å²) in [7, 11) is 1.66. The number of thiocarbonyl (C=S) groups is 1.